The van der Waals surface area contributed by atoms with Gasteiger partial charge in [-0.2, -0.15) is 0 Å². The van der Waals surface area contributed by atoms with Gasteiger partial charge in [-0.1, -0.05) is 19.8 Å². The summed E-state index contributed by atoms with van der Waals surface area (Å²) >= 11 is 0. The summed E-state index contributed by atoms with van der Waals surface area (Å²) < 4.78 is 24.5. The molecule has 0 heterocycles. The van der Waals surface area contributed by atoms with E-state index in [0.717, 1.165) is 6.04 Å². The molecule has 0 aliphatic carbocycles. The molecule has 0 aliphatic rings. The van der Waals surface area contributed by atoms with E-state index in [0.29, 0.717) is 6.04 Å². The highest BCUT2D eigenvalue weighted by Gasteiger charge is 2.39. The van der Waals surface area contributed by atoms with Crippen LogP contribution in [0.1, 0.15) is 19.8 Å². The van der Waals surface area contributed by atoms with E-state index in [1.54, 1.807) is 7.11 Å². The van der Waals surface area contributed by atoms with Gasteiger partial charge in [0.05, 0.1) is 6.67 Å². The Morgan fingerprint density at radius 3 is 2.31 bits per heavy atom. The molecule has 0 aromatic heterocycles. The fourth-order valence-electron chi connectivity index (χ4n) is 1.87. The first-order valence-electron chi connectivity index (χ1n) is 6.26. The fraction of sp³-hybridized carbons (Fsp3) is 1.00. The van der Waals surface area contributed by atoms with Gasteiger partial charge >= 0.3 is 0 Å². The molecule has 0 N–H and O–H groups in total. The second kappa shape index (κ2) is 8.57. The van der Waals surface area contributed by atoms with Crippen LogP contribution in [0.3, 0.4) is 0 Å². The molecule has 2 atom stereocenters. The van der Waals surface area contributed by atoms with Crippen LogP contribution in [0.15, 0.2) is 0 Å². The number of alkyl halides is 1. The Kier molecular flexibility index (Phi) is 8.84. The highest BCUT2D eigenvalue weighted by molar-refractivity contribution is 7.28. The highest BCUT2D eigenvalue weighted by Crippen LogP contribution is 2.22. The molecular formula is C10H27FO2Si3. The maximum atomic E-state index is 12.6. The second-order valence-corrected chi connectivity index (χ2v) is 18.6. The van der Waals surface area contributed by atoms with Crippen molar-refractivity contribution >= 4 is 25.4 Å². The number of unbranched alkanes of at least 4 members (excludes halogenated alkanes) is 1. The van der Waals surface area contributed by atoms with Crippen molar-refractivity contribution in [3.63, 3.8) is 0 Å². The van der Waals surface area contributed by atoms with Crippen molar-refractivity contribution in [2.75, 3.05) is 13.8 Å². The molecule has 0 bridgehead atoms. The van der Waals surface area contributed by atoms with Crippen LogP contribution in [-0.4, -0.2) is 39.2 Å². The van der Waals surface area contributed by atoms with E-state index in [1.165, 1.54) is 12.8 Å². The van der Waals surface area contributed by atoms with Crippen LogP contribution < -0.4 is 0 Å². The molecule has 98 valence electrons. The summed E-state index contributed by atoms with van der Waals surface area (Å²) in [5.74, 6) is 0. The predicted molar refractivity (Wildman–Crippen MR) is 76.2 cm³/mol. The second-order valence-electron chi connectivity index (χ2n) is 4.77. The minimum Gasteiger partial charge on any atom is -0.460 e. The summed E-state index contributed by atoms with van der Waals surface area (Å²) in [6.07, 6.45) is 2.37. The van der Waals surface area contributed by atoms with Crippen LogP contribution in [0.4, 0.5) is 4.39 Å². The Hall–Kier alpha value is 0.501. The molecule has 0 aromatic rings. The quantitative estimate of drug-likeness (QED) is 0.606. The van der Waals surface area contributed by atoms with Gasteiger partial charge in [-0.05, 0) is 31.7 Å². The molecular weight excluding hydrogens is 255 g/mol. The number of hydrogen-bond donors (Lipinski definition) is 0. The SMILES string of the molecule is CCCC[Si](C)(OC)[SiH](CCF)O[SiH](C)C. The van der Waals surface area contributed by atoms with Crippen LogP contribution in [-0.2, 0) is 8.54 Å². The van der Waals surface area contributed by atoms with Crippen molar-refractivity contribution in [1.82, 2.24) is 0 Å². The van der Waals surface area contributed by atoms with Gasteiger partial charge in [0.15, 0.2) is 17.6 Å². The van der Waals surface area contributed by atoms with Crippen LogP contribution in [0.2, 0.25) is 31.7 Å². The molecule has 16 heavy (non-hydrogen) atoms. The average molecular weight is 283 g/mol. The zero-order chi connectivity index (χ0) is 12.6. The van der Waals surface area contributed by atoms with Gasteiger partial charge in [-0.25, -0.2) is 0 Å². The van der Waals surface area contributed by atoms with Crippen molar-refractivity contribution in [3.05, 3.63) is 0 Å². The zero-order valence-corrected chi connectivity index (χ0v) is 14.7. The molecule has 2 nitrogen and oxygen atoms in total. The maximum Gasteiger partial charge on any atom is 0.203 e. The number of hydrogen-bond acceptors (Lipinski definition) is 2. The third-order valence-electron chi connectivity index (χ3n) is 2.98. The summed E-state index contributed by atoms with van der Waals surface area (Å²) in [6.45, 7) is 8.53. The molecule has 0 fully saturated rings. The van der Waals surface area contributed by atoms with E-state index in [2.05, 4.69) is 26.6 Å². The Balaban J connectivity index is 4.52. The number of halogens is 1. The lowest BCUT2D eigenvalue weighted by atomic mass is 10.4. The van der Waals surface area contributed by atoms with Gasteiger partial charge in [-0.15, -0.1) is 0 Å². The molecule has 0 saturated carbocycles. The fourth-order valence-corrected chi connectivity index (χ4v) is 18.4. The molecule has 0 saturated heterocycles. The molecule has 6 heteroatoms. The third-order valence-corrected chi connectivity index (χ3v) is 18.6. The van der Waals surface area contributed by atoms with Crippen LogP contribution >= 0.6 is 0 Å². The predicted octanol–water partition coefficient (Wildman–Crippen LogP) is 2.78. The number of rotatable bonds is 9. The van der Waals surface area contributed by atoms with Gasteiger partial charge in [0.1, 0.15) is 0 Å². The smallest absolute Gasteiger partial charge is 0.203 e. The van der Waals surface area contributed by atoms with Crippen LogP contribution in [0.25, 0.3) is 0 Å². The van der Waals surface area contributed by atoms with Gasteiger partial charge in [0.2, 0.25) is 7.83 Å². The van der Waals surface area contributed by atoms with Crippen LogP contribution in [0.5, 0.6) is 0 Å². The Labute approximate surface area is 104 Å². The maximum absolute atomic E-state index is 12.6. The van der Waals surface area contributed by atoms with E-state index in [1.807, 2.05) is 0 Å². The van der Waals surface area contributed by atoms with Crippen molar-refractivity contribution in [2.45, 2.75) is 51.5 Å². The highest BCUT2D eigenvalue weighted by atomic mass is 29.3. The van der Waals surface area contributed by atoms with E-state index in [9.17, 15) is 4.39 Å². The first kappa shape index (κ1) is 16.5. The normalized spacial score (nSPS) is 17.4. The van der Waals surface area contributed by atoms with E-state index >= 15 is 0 Å². The van der Waals surface area contributed by atoms with Crippen molar-refractivity contribution in [3.8, 4) is 0 Å². The lowest BCUT2D eigenvalue weighted by Gasteiger charge is -2.33. The van der Waals surface area contributed by atoms with Gasteiger partial charge < -0.3 is 8.54 Å². The van der Waals surface area contributed by atoms with Crippen LogP contribution in [0, 0.1) is 0 Å². The lowest BCUT2D eigenvalue weighted by molar-refractivity contribution is 0.402. The minimum absolute atomic E-state index is 0.240. The minimum atomic E-state index is -1.75. The molecule has 0 rings (SSSR count). The Bertz CT molecular complexity index is 183. The molecule has 2 unspecified atom stereocenters. The molecule has 0 amide bonds. The summed E-state index contributed by atoms with van der Waals surface area (Å²) in [6, 6.07) is 1.78. The Morgan fingerprint density at radius 2 is 1.94 bits per heavy atom. The summed E-state index contributed by atoms with van der Waals surface area (Å²) in [7, 11) is -2.46. The Morgan fingerprint density at radius 1 is 1.31 bits per heavy atom. The van der Waals surface area contributed by atoms with E-state index < -0.39 is 25.4 Å². The van der Waals surface area contributed by atoms with Crippen molar-refractivity contribution < 1.29 is 12.9 Å². The van der Waals surface area contributed by atoms with E-state index in [-0.39, 0.29) is 6.67 Å². The van der Waals surface area contributed by atoms with Crippen molar-refractivity contribution in [2.24, 2.45) is 0 Å². The average Bonchev–Trinajstić information content (AvgIpc) is 2.25. The molecule has 0 aliphatic heterocycles. The van der Waals surface area contributed by atoms with Gasteiger partial charge in [0.25, 0.3) is 0 Å². The lowest BCUT2D eigenvalue weighted by Crippen LogP contribution is -2.54. The standard InChI is InChI=1S/C10H27FO2Si3/c1-6-7-10-16(5,12-2)15(9-8-11)13-14(3)4/h14-15H,6-10H2,1-5H3. The van der Waals surface area contributed by atoms with Gasteiger partial charge in [0, 0.05) is 7.11 Å². The third kappa shape index (κ3) is 5.72. The first-order valence-corrected chi connectivity index (χ1v) is 14.8. The summed E-state index contributed by atoms with van der Waals surface area (Å²) in [5.41, 5.74) is 0. The molecule has 0 aromatic carbocycles. The topological polar surface area (TPSA) is 18.5 Å². The van der Waals surface area contributed by atoms with Gasteiger partial charge in [-0.3, -0.25) is 4.39 Å². The van der Waals surface area contributed by atoms with E-state index in [4.69, 9.17) is 8.54 Å². The van der Waals surface area contributed by atoms with Crippen molar-refractivity contribution in [1.29, 1.82) is 0 Å². The first-order chi connectivity index (χ1) is 7.50. The summed E-state index contributed by atoms with van der Waals surface area (Å²) in [4.78, 5) is 0. The molecule has 0 radical (unpaired) electrons. The zero-order valence-electron chi connectivity index (χ0n) is 11.4. The monoisotopic (exact) mass is 282 g/mol. The summed E-state index contributed by atoms with van der Waals surface area (Å²) in [5, 5.41) is 0. The molecule has 0 spiro atoms. The largest absolute Gasteiger partial charge is 0.460 e.